The summed E-state index contributed by atoms with van der Waals surface area (Å²) in [5, 5.41) is 8.34. The summed E-state index contributed by atoms with van der Waals surface area (Å²) in [6, 6.07) is 25.1. The number of benzene rings is 4. The molecule has 0 aliphatic heterocycles. The Morgan fingerprint density at radius 3 is 2.73 bits per heavy atom. The molecule has 1 N–H and O–H groups in total. The van der Waals surface area contributed by atoms with Crippen molar-refractivity contribution in [1.82, 2.24) is 9.66 Å². The smallest absolute Gasteiger partial charge is 0.282 e. The van der Waals surface area contributed by atoms with Crippen molar-refractivity contribution in [2.75, 3.05) is 18.5 Å². The van der Waals surface area contributed by atoms with E-state index in [9.17, 15) is 14.0 Å². The monoisotopic (exact) mass is 654 g/mol. The van der Waals surface area contributed by atoms with Crippen LogP contribution in [-0.4, -0.2) is 35.0 Å². The SMILES string of the molecule is CCOc1cc(C=Nn2c(-c3cc4cc(Br)ccc4o3)nc3ccccc3c2=O)ccc1OCC(=O)Nc1cccc(F)c1. The van der Waals surface area contributed by atoms with E-state index in [1.54, 1.807) is 42.5 Å². The number of rotatable bonds is 9. The number of furan rings is 1. The third-order valence-electron chi connectivity index (χ3n) is 6.51. The lowest BCUT2D eigenvalue weighted by Crippen LogP contribution is -2.20. The highest BCUT2D eigenvalue weighted by atomic mass is 79.9. The van der Waals surface area contributed by atoms with E-state index in [4.69, 9.17) is 18.9 Å². The Bertz CT molecular complexity index is 2110. The lowest BCUT2D eigenvalue weighted by molar-refractivity contribution is -0.118. The summed E-state index contributed by atoms with van der Waals surface area (Å²) >= 11 is 3.47. The molecule has 6 rings (SSSR count). The fraction of sp³-hybridized carbons (Fsp3) is 0.0909. The second-order valence-corrected chi connectivity index (χ2v) is 10.5. The number of halogens is 2. The van der Waals surface area contributed by atoms with Crippen molar-refractivity contribution in [3.8, 4) is 23.1 Å². The van der Waals surface area contributed by atoms with Gasteiger partial charge < -0.3 is 19.2 Å². The normalized spacial score (nSPS) is 11.3. The van der Waals surface area contributed by atoms with E-state index in [1.807, 2.05) is 37.3 Å². The Morgan fingerprint density at radius 1 is 1.02 bits per heavy atom. The average molecular weight is 655 g/mol. The molecule has 1 amide bonds. The second-order valence-electron chi connectivity index (χ2n) is 9.59. The minimum Gasteiger partial charge on any atom is -0.490 e. The van der Waals surface area contributed by atoms with Gasteiger partial charge in [0.1, 0.15) is 11.4 Å². The minimum atomic E-state index is -0.461. The molecule has 6 aromatic rings. The summed E-state index contributed by atoms with van der Waals surface area (Å²) in [6.45, 7) is 1.84. The van der Waals surface area contributed by atoms with Crippen molar-refractivity contribution in [3.63, 3.8) is 0 Å². The Morgan fingerprint density at radius 2 is 1.89 bits per heavy atom. The molecule has 220 valence electrons. The fourth-order valence-electron chi connectivity index (χ4n) is 4.54. The van der Waals surface area contributed by atoms with Crippen LogP contribution in [0.2, 0.25) is 0 Å². The molecule has 0 atom stereocenters. The molecule has 0 spiro atoms. The second kappa shape index (κ2) is 12.5. The zero-order chi connectivity index (χ0) is 30.6. The molecule has 0 aliphatic rings. The van der Waals surface area contributed by atoms with Crippen LogP contribution in [0.15, 0.2) is 110 Å². The van der Waals surface area contributed by atoms with Gasteiger partial charge >= 0.3 is 0 Å². The molecule has 2 heterocycles. The van der Waals surface area contributed by atoms with Crippen LogP contribution < -0.4 is 20.3 Å². The molecule has 9 nitrogen and oxygen atoms in total. The van der Waals surface area contributed by atoms with Gasteiger partial charge in [0.2, 0.25) is 5.82 Å². The Kier molecular flexibility index (Phi) is 8.20. The molecular formula is C33H24BrFN4O5. The summed E-state index contributed by atoms with van der Waals surface area (Å²) < 4.78 is 33.0. The quantitative estimate of drug-likeness (QED) is 0.168. The molecule has 0 bridgehead atoms. The maximum Gasteiger partial charge on any atom is 0.282 e. The summed E-state index contributed by atoms with van der Waals surface area (Å²) in [5.41, 5.74) is 1.72. The van der Waals surface area contributed by atoms with E-state index in [-0.39, 0.29) is 18.0 Å². The topological polar surface area (TPSA) is 108 Å². The van der Waals surface area contributed by atoms with Crippen LogP contribution in [0.1, 0.15) is 12.5 Å². The number of amides is 1. The predicted molar refractivity (Wildman–Crippen MR) is 170 cm³/mol. The van der Waals surface area contributed by atoms with Crippen molar-refractivity contribution in [2.45, 2.75) is 6.92 Å². The van der Waals surface area contributed by atoms with Gasteiger partial charge in [-0.25, -0.2) is 9.37 Å². The first-order valence-corrected chi connectivity index (χ1v) is 14.4. The molecular weight excluding hydrogens is 631 g/mol. The number of carbonyl (C=O) groups excluding carboxylic acids is 1. The van der Waals surface area contributed by atoms with Crippen LogP contribution in [-0.2, 0) is 4.79 Å². The summed E-state index contributed by atoms with van der Waals surface area (Å²) in [4.78, 5) is 30.7. The molecule has 44 heavy (non-hydrogen) atoms. The minimum absolute atomic E-state index is 0.242. The van der Waals surface area contributed by atoms with Gasteiger partial charge in [-0.3, -0.25) is 9.59 Å². The summed E-state index contributed by atoms with van der Waals surface area (Å²) in [7, 11) is 0. The first kappa shape index (κ1) is 28.8. The first-order valence-electron chi connectivity index (χ1n) is 13.6. The maximum atomic E-state index is 13.6. The van der Waals surface area contributed by atoms with Gasteiger partial charge in [-0.05, 0) is 85.3 Å². The third kappa shape index (κ3) is 6.23. The highest BCUT2D eigenvalue weighted by molar-refractivity contribution is 9.10. The van der Waals surface area contributed by atoms with Crippen LogP contribution in [0.4, 0.5) is 10.1 Å². The van der Waals surface area contributed by atoms with Crippen LogP contribution in [0.5, 0.6) is 11.5 Å². The first-order chi connectivity index (χ1) is 21.4. The highest BCUT2D eigenvalue weighted by Gasteiger charge is 2.17. The molecule has 2 aromatic heterocycles. The third-order valence-corrected chi connectivity index (χ3v) is 7.00. The van der Waals surface area contributed by atoms with Crippen LogP contribution in [0, 0.1) is 5.82 Å². The van der Waals surface area contributed by atoms with Crippen LogP contribution >= 0.6 is 15.9 Å². The molecule has 0 aliphatic carbocycles. The van der Waals surface area contributed by atoms with E-state index in [1.165, 1.54) is 29.1 Å². The summed E-state index contributed by atoms with van der Waals surface area (Å²) in [6.07, 6.45) is 1.50. The molecule has 0 saturated heterocycles. The zero-order valence-corrected chi connectivity index (χ0v) is 24.9. The number of nitrogens with zero attached hydrogens (tertiary/aromatic N) is 3. The lowest BCUT2D eigenvalue weighted by Gasteiger charge is -2.13. The molecule has 0 radical (unpaired) electrons. The van der Waals surface area contributed by atoms with Gasteiger partial charge in [-0.1, -0.05) is 34.1 Å². The molecule has 0 saturated carbocycles. The standard InChI is InChI=1S/C33H24BrFN4O5/c1-2-42-29-14-20(10-12-28(29)43-19-31(40)37-24-7-5-6-23(35)17-24)18-36-39-32(38-26-9-4-3-8-25(26)33(39)41)30-16-21-15-22(34)11-13-27(21)44-30/h3-18H,2,19H2,1H3,(H,37,40). The Hall–Kier alpha value is -5.29. The molecule has 0 fully saturated rings. The van der Waals surface area contributed by atoms with E-state index in [0.717, 1.165) is 9.86 Å². The van der Waals surface area contributed by atoms with Gasteiger partial charge in [0.25, 0.3) is 11.5 Å². The number of fused-ring (bicyclic) bond motifs is 2. The number of aromatic nitrogens is 2. The zero-order valence-electron chi connectivity index (χ0n) is 23.3. The van der Waals surface area contributed by atoms with Gasteiger partial charge in [-0.2, -0.15) is 9.78 Å². The van der Waals surface area contributed by atoms with Gasteiger partial charge in [-0.15, -0.1) is 0 Å². The van der Waals surface area contributed by atoms with Crippen LogP contribution in [0.3, 0.4) is 0 Å². The molecule has 0 unspecified atom stereocenters. The number of ether oxygens (including phenoxy) is 2. The fourth-order valence-corrected chi connectivity index (χ4v) is 4.92. The van der Waals surface area contributed by atoms with Crippen molar-refractivity contribution in [3.05, 3.63) is 117 Å². The number of hydrogen-bond donors (Lipinski definition) is 1. The average Bonchev–Trinajstić information content (AvgIpc) is 3.43. The van der Waals surface area contributed by atoms with Gasteiger partial charge in [0.05, 0.1) is 23.7 Å². The van der Waals surface area contributed by atoms with Gasteiger partial charge in [0.15, 0.2) is 23.9 Å². The van der Waals surface area contributed by atoms with E-state index >= 15 is 0 Å². The number of para-hydroxylation sites is 1. The number of anilines is 1. The molecule has 4 aromatic carbocycles. The van der Waals surface area contributed by atoms with Gasteiger partial charge in [0, 0.05) is 15.5 Å². The predicted octanol–water partition coefficient (Wildman–Crippen LogP) is 7.01. The van der Waals surface area contributed by atoms with Crippen molar-refractivity contribution in [2.24, 2.45) is 5.10 Å². The largest absolute Gasteiger partial charge is 0.490 e. The number of nitrogens with one attached hydrogen (secondary N) is 1. The molecule has 11 heteroatoms. The van der Waals surface area contributed by atoms with Crippen LogP contribution in [0.25, 0.3) is 33.5 Å². The summed E-state index contributed by atoms with van der Waals surface area (Å²) in [5.74, 6) is 0.413. The lowest BCUT2D eigenvalue weighted by atomic mass is 10.2. The maximum absolute atomic E-state index is 13.6. The van der Waals surface area contributed by atoms with E-state index < -0.39 is 11.7 Å². The van der Waals surface area contributed by atoms with Crippen molar-refractivity contribution in [1.29, 1.82) is 0 Å². The van der Waals surface area contributed by atoms with E-state index in [2.05, 4.69) is 26.3 Å². The highest BCUT2D eigenvalue weighted by Crippen LogP contribution is 2.30. The van der Waals surface area contributed by atoms with Crippen molar-refractivity contribution < 1.29 is 23.1 Å². The Labute approximate surface area is 258 Å². The number of carbonyl (C=O) groups is 1. The van der Waals surface area contributed by atoms with E-state index in [0.29, 0.717) is 51.6 Å². The number of hydrogen-bond acceptors (Lipinski definition) is 7. The van der Waals surface area contributed by atoms with Crippen molar-refractivity contribution >= 4 is 55.6 Å². The Balaban J connectivity index is 1.30.